The van der Waals surface area contributed by atoms with Crippen molar-refractivity contribution in [2.75, 3.05) is 19.8 Å². The Balaban J connectivity index is 1.59. The average Bonchev–Trinajstić information content (AvgIpc) is 3.10. The molecule has 1 heterocycles. The lowest BCUT2D eigenvalue weighted by Gasteiger charge is -2.12. The average molecular weight is 254 g/mol. The molecule has 0 spiro atoms. The van der Waals surface area contributed by atoms with E-state index in [1.54, 1.807) is 0 Å². The SMILES string of the molecule is Cc1noc(C)c1CNCC(O)COCC1CC1. The summed E-state index contributed by atoms with van der Waals surface area (Å²) in [4.78, 5) is 0. The maximum absolute atomic E-state index is 9.72. The van der Waals surface area contributed by atoms with Crippen LogP contribution in [0.1, 0.15) is 29.9 Å². The Hall–Kier alpha value is -0.910. The number of hydrogen-bond acceptors (Lipinski definition) is 5. The largest absolute Gasteiger partial charge is 0.389 e. The number of nitrogens with zero attached hydrogens (tertiary/aromatic N) is 1. The van der Waals surface area contributed by atoms with Crippen molar-refractivity contribution in [2.24, 2.45) is 5.92 Å². The van der Waals surface area contributed by atoms with E-state index in [1.165, 1.54) is 12.8 Å². The molecule has 2 rings (SSSR count). The number of hydrogen-bond donors (Lipinski definition) is 2. The highest BCUT2D eigenvalue weighted by atomic mass is 16.5. The van der Waals surface area contributed by atoms with Gasteiger partial charge in [-0.05, 0) is 32.6 Å². The van der Waals surface area contributed by atoms with E-state index >= 15 is 0 Å². The predicted molar refractivity (Wildman–Crippen MR) is 67.2 cm³/mol. The van der Waals surface area contributed by atoms with E-state index in [0.29, 0.717) is 19.7 Å². The number of aryl methyl sites for hydroxylation is 2. The summed E-state index contributed by atoms with van der Waals surface area (Å²) in [5, 5.41) is 16.8. The Morgan fingerprint density at radius 2 is 2.28 bits per heavy atom. The van der Waals surface area contributed by atoms with E-state index < -0.39 is 6.10 Å². The van der Waals surface area contributed by atoms with E-state index in [2.05, 4.69) is 10.5 Å². The lowest BCUT2D eigenvalue weighted by atomic mass is 10.2. The maximum atomic E-state index is 9.72. The van der Waals surface area contributed by atoms with Gasteiger partial charge in [0.05, 0.1) is 18.4 Å². The molecule has 0 bridgehead atoms. The van der Waals surface area contributed by atoms with Gasteiger partial charge in [0.15, 0.2) is 0 Å². The topological polar surface area (TPSA) is 67.5 Å². The van der Waals surface area contributed by atoms with Gasteiger partial charge in [-0.3, -0.25) is 0 Å². The third-order valence-corrected chi connectivity index (χ3v) is 3.22. The van der Waals surface area contributed by atoms with Crippen molar-refractivity contribution in [3.63, 3.8) is 0 Å². The maximum Gasteiger partial charge on any atom is 0.138 e. The third kappa shape index (κ3) is 4.08. The monoisotopic (exact) mass is 254 g/mol. The molecule has 1 aromatic heterocycles. The summed E-state index contributed by atoms with van der Waals surface area (Å²) in [6.45, 7) is 6.20. The van der Waals surface area contributed by atoms with Crippen LogP contribution in [0.15, 0.2) is 4.52 Å². The minimum Gasteiger partial charge on any atom is -0.389 e. The van der Waals surface area contributed by atoms with Gasteiger partial charge in [0.2, 0.25) is 0 Å². The summed E-state index contributed by atoms with van der Waals surface area (Å²) in [7, 11) is 0. The highest BCUT2D eigenvalue weighted by Crippen LogP contribution is 2.28. The molecule has 0 aromatic carbocycles. The molecule has 1 aliphatic rings. The van der Waals surface area contributed by atoms with Gasteiger partial charge in [-0.2, -0.15) is 0 Å². The molecule has 0 aliphatic heterocycles. The van der Waals surface area contributed by atoms with E-state index in [-0.39, 0.29) is 0 Å². The van der Waals surface area contributed by atoms with E-state index in [4.69, 9.17) is 9.26 Å². The lowest BCUT2D eigenvalue weighted by molar-refractivity contribution is 0.0324. The van der Waals surface area contributed by atoms with Crippen molar-refractivity contribution in [3.8, 4) is 0 Å². The molecule has 2 N–H and O–H groups in total. The third-order valence-electron chi connectivity index (χ3n) is 3.22. The minimum absolute atomic E-state index is 0.408. The van der Waals surface area contributed by atoms with Crippen LogP contribution in [0.2, 0.25) is 0 Å². The molecule has 0 radical (unpaired) electrons. The summed E-state index contributed by atoms with van der Waals surface area (Å²) in [6, 6.07) is 0. The van der Waals surface area contributed by atoms with Gasteiger partial charge in [-0.25, -0.2) is 0 Å². The normalized spacial score (nSPS) is 17.1. The van der Waals surface area contributed by atoms with Gasteiger partial charge in [-0.15, -0.1) is 0 Å². The first kappa shape index (κ1) is 13.5. The van der Waals surface area contributed by atoms with E-state index in [1.807, 2.05) is 13.8 Å². The molecule has 102 valence electrons. The first-order valence-electron chi connectivity index (χ1n) is 6.55. The standard InChI is InChI=1S/C13H22N2O3/c1-9-13(10(2)18-15-9)6-14-5-12(16)8-17-7-11-3-4-11/h11-12,14,16H,3-8H2,1-2H3. The van der Waals surface area contributed by atoms with Gasteiger partial charge in [0, 0.05) is 25.3 Å². The number of rotatable bonds is 8. The van der Waals surface area contributed by atoms with Crippen molar-refractivity contribution in [2.45, 2.75) is 39.3 Å². The molecule has 5 heteroatoms. The summed E-state index contributed by atoms with van der Waals surface area (Å²) >= 11 is 0. The zero-order valence-electron chi connectivity index (χ0n) is 11.1. The quantitative estimate of drug-likeness (QED) is 0.729. The van der Waals surface area contributed by atoms with Gasteiger partial charge < -0.3 is 19.7 Å². The van der Waals surface area contributed by atoms with Crippen LogP contribution in [-0.4, -0.2) is 36.1 Å². The second kappa shape index (κ2) is 6.31. The van der Waals surface area contributed by atoms with Crippen LogP contribution >= 0.6 is 0 Å². The summed E-state index contributed by atoms with van der Waals surface area (Å²) in [5.41, 5.74) is 1.97. The Morgan fingerprint density at radius 3 is 2.89 bits per heavy atom. The number of aliphatic hydroxyl groups is 1. The molecule has 18 heavy (non-hydrogen) atoms. The number of aromatic nitrogens is 1. The van der Waals surface area contributed by atoms with Gasteiger partial charge in [0.25, 0.3) is 0 Å². The number of nitrogens with one attached hydrogen (secondary N) is 1. The van der Waals surface area contributed by atoms with Crippen LogP contribution in [0, 0.1) is 19.8 Å². The van der Waals surface area contributed by atoms with E-state index in [0.717, 1.165) is 29.5 Å². The Bertz CT molecular complexity index is 355. The first-order chi connectivity index (χ1) is 8.66. The molecule has 1 aromatic rings. The van der Waals surface area contributed by atoms with Crippen LogP contribution in [0.5, 0.6) is 0 Å². The first-order valence-corrected chi connectivity index (χ1v) is 6.55. The molecule has 0 amide bonds. The Morgan fingerprint density at radius 1 is 1.50 bits per heavy atom. The molecular formula is C13H22N2O3. The van der Waals surface area contributed by atoms with Crippen molar-refractivity contribution >= 4 is 0 Å². The molecule has 1 fully saturated rings. The van der Waals surface area contributed by atoms with Crippen LogP contribution in [-0.2, 0) is 11.3 Å². The highest BCUT2D eigenvalue weighted by molar-refractivity contribution is 5.20. The zero-order chi connectivity index (χ0) is 13.0. The van der Waals surface area contributed by atoms with Crippen LogP contribution < -0.4 is 5.32 Å². The second-order valence-electron chi connectivity index (χ2n) is 5.07. The predicted octanol–water partition coefficient (Wildman–Crippen LogP) is 1.17. The van der Waals surface area contributed by atoms with Crippen LogP contribution in [0.25, 0.3) is 0 Å². The van der Waals surface area contributed by atoms with Crippen LogP contribution in [0.3, 0.4) is 0 Å². The molecule has 5 nitrogen and oxygen atoms in total. The van der Waals surface area contributed by atoms with Gasteiger partial charge >= 0.3 is 0 Å². The van der Waals surface area contributed by atoms with Crippen LogP contribution in [0.4, 0.5) is 0 Å². The van der Waals surface area contributed by atoms with Crippen molar-refractivity contribution in [1.82, 2.24) is 10.5 Å². The fraction of sp³-hybridized carbons (Fsp3) is 0.769. The number of ether oxygens (including phenoxy) is 1. The molecule has 1 atom stereocenters. The molecule has 1 unspecified atom stereocenters. The summed E-state index contributed by atoms with van der Waals surface area (Å²) < 4.78 is 10.5. The minimum atomic E-state index is -0.454. The van der Waals surface area contributed by atoms with Crippen molar-refractivity contribution in [1.29, 1.82) is 0 Å². The number of aliphatic hydroxyl groups excluding tert-OH is 1. The fourth-order valence-corrected chi connectivity index (χ4v) is 1.83. The Labute approximate surface area is 107 Å². The summed E-state index contributed by atoms with van der Waals surface area (Å²) in [6.07, 6.45) is 2.10. The smallest absolute Gasteiger partial charge is 0.138 e. The summed E-state index contributed by atoms with van der Waals surface area (Å²) in [5.74, 6) is 1.58. The molecule has 1 aliphatic carbocycles. The van der Waals surface area contributed by atoms with Crippen molar-refractivity contribution in [3.05, 3.63) is 17.0 Å². The molecule has 1 saturated carbocycles. The van der Waals surface area contributed by atoms with E-state index in [9.17, 15) is 5.11 Å². The van der Waals surface area contributed by atoms with Gasteiger partial charge in [-0.1, -0.05) is 5.16 Å². The highest BCUT2D eigenvalue weighted by Gasteiger charge is 2.21. The fourth-order valence-electron chi connectivity index (χ4n) is 1.83. The van der Waals surface area contributed by atoms with Gasteiger partial charge in [0.1, 0.15) is 5.76 Å². The van der Waals surface area contributed by atoms with Crippen molar-refractivity contribution < 1.29 is 14.4 Å². The second-order valence-corrected chi connectivity index (χ2v) is 5.07. The zero-order valence-corrected chi connectivity index (χ0v) is 11.1. The Kier molecular flexibility index (Phi) is 4.74. The lowest BCUT2D eigenvalue weighted by Crippen LogP contribution is -2.30. The molecule has 0 saturated heterocycles. The molecular weight excluding hydrogens is 232 g/mol.